The van der Waals surface area contributed by atoms with Crippen molar-refractivity contribution in [3.05, 3.63) is 71.4 Å². The van der Waals surface area contributed by atoms with Gasteiger partial charge in [0.25, 0.3) is 0 Å². The van der Waals surface area contributed by atoms with Gasteiger partial charge in [-0.05, 0) is 52.9 Å². The van der Waals surface area contributed by atoms with Gasteiger partial charge >= 0.3 is 6.18 Å². The molecule has 1 amide bonds. The molecule has 34 heavy (non-hydrogen) atoms. The van der Waals surface area contributed by atoms with E-state index in [1.165, 1.54) is 6.20 Å². The summed E-state index contributed by atoms with van der Waals surface area (Å²) in [6.45, 7) is 10.6. The zero-order valence-electron chi connectivity index (χ0n) is 20.7. The Morgan fingerprint density at radius 3 is 2.32 bits per heavy atom. The van der Waals surface area contributed by atoms with Crippen molar-refractivity contribution in [3.63, 3.8) is 0 Å². The number of aromatic nitrogens is 1. The Morgan fingerprint density at radius 2 is 1.71 bits per heavy atom. The molecule has 0 aliphatic carbocycles. The lowest BCUT2D eigenvalue weighted by atomic mass is 9.70. The summed E-state index contributed by atoms with van der Waals surface area (Å²) < 4.78 is 44.4. The van der Waals surface area contributed by atoms with Gasteiger partial charge in [-0.25, -0.2) is 0 Å². The molecule has 1 heterocycles. The van der Waals surface area contributed by atoms with Crippen LogP contribution in [0.3, 0.4) is 0 Å². The third kappa shape index (κ3) is 6.15. The lowest BCUT2D eigenvalue weighted by Crippen LogP contribution is -2.62. The summed E-state index contributed by atoms with van der Waals surface area (Å²) in [6.07, 6.45) is -3.86. The third-order valence-corrected chi connectivity index (χ3v) is 6.28. The van der Waals surface area contributed by atoms with Crippen molar-refractivity contribution in [2.75, 3.05) is 0 Å². The summed E-state index contributed by atoms with van der Waals surface area (Å²) in [5.74, 6) is -0.715. The first kappa shape index (κ1) is 27.8. The lowest BCUT2D eigenvalue weighted by molar-refractivity contribution is -0.203. The minimum Gasteiger partial charge on any atom is -0.342 e. The predicted octanol–water partition coefficient (Wildman–Crippen LogP) is 6.42. The summed E-state index contributed by atoms with van der Waals surface area (Å²) in [5.41, 5.74) is -0.463. The summed E-state index contributed by atoms with van der Waals surface area (Å²) in [6, 6.07) is 14.4. The summed E-state index contributed by atoms with van der Waals surface area (Å²) >= 11 is 0. The predicted molar refractivity (Wildman–Crippen MR) is 138 cm³/mol. The second kappa shape index (κ2) is 10.9. The fourth-order valence-corrected chi connectivity index (χ4v) is 4.87. The number of hydrogen-bond acceptors (Lipinski definition) is 2. The number of carbonyl (C=O) groups is 1. The number of alkyl halides is 3. The van der Waals surface area contributed by atoms with Gasteiger partial charge in [-0.2, -0.15) is 13.2 Å². The highest BCUT2D eigenvalue weighted by Gasteiger charge is 2.57. The van der Waals surface area contributed by atoms with E-state index < -0.39 is 23.0 Å². The number of halogens is 3. The van der Waals surface area contributed by atoms with Gasteiger partial charge in [-0.15, -0.1) is 9.24 Å². The number of nitrogens with one attached hydrogen (secondary N) is 1. The topological polar surface area (TPSA) is 42.0 Å². The van der Waals surface area contributed by atoms with E-state index in [-0.39, 0.29) is 12.8 Å². The SMILES string of the molecule is CC.CC(=O)NC(Cc1ccnc2ccccc12)(CC(C)(C)c1cc(P)ccc1C)C(F)(F)F. The van der Waals surface area contributed by atoms with Crippen molar-refractivity contribution >= 4 is 31.4 Å². The highest BCUT2D eigenvalue weighted by molar-refractivity contribution is 7.27. The van der Waals surface area contributed by atoms with Crippen LogP contribution in [0.15, 0.2) is 54.7 Å². The van der Waals surface area contributed by atoms with Gasteiger partial charge in [0, 0.05) is 24.9 Å². The number of fused-ring (bicyclic) bond motifs is 1. The van der Waals surface area contributed by atoms with Crippen LogP contribution in [0.1, 0.15) is 57.7 Å². The first-order chi connectivity index (χ1) is 15.8. The maximum atomic E-state index is 14.8. The van der Waals surface area contributed by atoms with Crippen LogP contribution in [0.5, 0.6) is 0 Å². The summed E-state index contributed by atoms with van der Waals surface area (Å²) in [4.78, 5) is 16.3. The Kier molecular flexibility index (Phi) is 8.87. The average molecular weight is 491 g/mol. The van der Waals surface area contributed by atoms with Crippen LogP contribution in [-0.4, -0.2) is 22.6 Å². The number of hydrogen-bond donors (Lipinski definition) is 1. The fourth-order valence-electron chi connectivity index (χ4n) is 4.61. The van der Waals surface area contributed by atoms with Crippen molar-refractivity contribution in [1.82, 2.24) is 10.3 Å². The average Bonchev–Trinajstić information content (AvgIpc) is 2.75. The molecule has 0 spiro atoms. The molecule has 0 fully saturated rings. The number of pyridine rings is 1. The Morgan fingerprint density at radius 1 is 1.06 bits per heavy atom. The molecule has 2 unspecified atom stereocenters. The monoisotopic (exact) mass is 490 g/mol. The van der Waals surface area contributed by atoms with Crippen LogP contribution in [-0.2, 0) is 16.6 Å². The third-order valence-electron chi connectivity index (χ3n) is 5.92. The Hall–Kier alpha value is -2.46. The second-order valence-corrected chi connectivity index (χ2v) is 9.73. The van der Waals surface area contributed by atoms with E-state index >= 15 is 0 Å². The van der Waals surface area contributed by atoms with E-state index in [0.29, 0.717) is 16.5 Å². The molecule has 0 bridgehead atoms. The Bertz CT molecular complexity index is 1140. The molecule has 7 heteroatoms. The first-order valence-corrected chi connectivity index (χ1v) is 12.0. The van der Waals surface area contributed by atoms with Gasteiger partial charge in [0.2, 0.25) is 5.91 Å². The maximum Gasteiger partial charge on any atom is 0.411 e. The van der Waals surface area contributed by atoms with Crippen molar-refractivity contribution < 1.29 is 18.0 Å². The lowest BCUT2D eigenvalue weighted by Gasteiger charge is -2.43. The molecule has 3 nitrogen and oxygen atoms in total. The van der Waals surface area contributed by atoms with E-state index in [1.807, 2.05) is 39.0 Å². The molecule has 2 aromatic carbocycles. The second-order valence-electron chi connectivity index (χ2n) is 9.06. The molecule has 1 aromatic heterocycles. The van der Waals surface area contributed by atoms with E-state index in [9.17, 15) is 18.0 Å². The molecule has 0 radical (unpaired) electrons. The smallest absolute Gasteiger partial charge is 0.342 e. The highest BCUT2D eigenvalue weighted by Crippen LogP contribution is 2.44. The molecule has 2 atom stereocenters. The van der Waals surface area contributed by atoms with E-state index in [1.54, 1.807) is 44.2 Å². The number of nitrogens with zero attached hydrogens (tertiary/aromatic N) is 1. The standard InChI is InChI=1S/C25H28F3N2OP.C2H6/c1-16-9-10-19(32)13-21(16)23(3,4)15-24(25(26,27)28,30-17(2)31)14-18-11-12-29-22-8-6-5-7-20(18)22;1-2/h5-13H,14-15,32H2,1-4H3,(H,30,31);1-2H3. The van der Waals surface area contributed by atoms with Crippen molar-refractivity contribution in [3.8, 4) is 0 Å². The zero-order chi connectivity index (χ0) is 25.7. The van der Waals surface area contributed by atoms with Gasteiger partial charge < -0.3 is 5.32 Å². The first-order valence-electron chi connectivity index (χ1n) is 11.4. The largest absolute Gasteiger partial charge is 0.411 e. The van der Waals surface area contributed by atoms with Gasteiger partial charge in [0.1, 0.15) is 5.54 Å². The Labute approximate surface area is 202 Å². The van der Waals surface area contributed by atoms with Crippen LogP contribution in [0.4, 0.5) is 13.2 Å². The number of benzene rings is 2. The molecule has 0 saturated carbocycles. The molecular formula is C27H34F3N2OP. The van der Waals surface area contributed by atoms with Crippen molar-refractivity contribution in [2.45, 2.75) is 71.5 Å². The van der Waals surface area contributed by atoms with Crippen molar-refractivity contribution in [2.24, 2.45) is 0 Å². The highest BCUT2D eigenvalue weighted by atomic mass is 31.0. The molecule has 0 aliphatic rings. The van der Waals surface area contributed by atoms with Crippen LogP contribution in [0, 0.1) is 6.92 Å². The molecule has 3 rings (SSSR count). The molecule has 0 saturated heterocycles. The van der Waals surface area contributed by atoms with Crippen molar-refractivity contribution in [1.29, 1.82) is 0 Å². The van der Waals surface area contributed by atoms with E-state index in [0.717, 1.165) is 23.4 Å². The van der Waals surface area contributed by atoms with Crippen LogP contribution >= 0.6 is 9.24 Å². The van der Waals surface area contributed by atoms with E-state index in [2.05, 4.69) is 19.5 Å². The summed E-state index contributed by atoms with van der Waals surface area (Å²) in [7, 11) is 2.59. The van der Waals surface area contributed by atoms with Gasteiger partial charge in [0.05, 0.1) is 5.52 Å². The van der Waals surface area contributed by atoms with Gasteiger partial charge in [0.15, 0.2) is 0 Å². The quantitative estimate of drug-likeness (QED) is 0.405. The number of para-hydroxylation sites is 1. The van der Waals surface area contributed by atoms with Gasteiger partial charge in [-0.3, -0.25) is 9.78 Å². The van der Waals surface area contributed by atoms with Crippen LogP contribution in [0.2, 0.25) is 0 Å². The molecular weight excluding hydrogens is 456 g/mol. The number of carbonyl (C=O) groups excluding carboxylic acids is 1. The number of amides is 1. The molecule has 3 aromatic rings. The number of aryl methyl sites for hydroxylation is 1. The summed E-state index contributed by atoms with van der Waals surface area (Å²) in [5, 5.41) is 3.86. The molecule has 184 valence electrons. The zero-order valence-corrected chi connectivity index (χ0v) is 21.8. The van der Waals surface area contributed by atoms with Crippen LogP contribution < -0.4 is 10.6 Å². The fraction of sp³-hybridized carbons (Fsp3) is 0.407. The van der Waals surface area contributed by atoms with Crippen LogP contribution in [0.25, 0.3) is 10.9 Å². The maximum absolute atomic E-state index is 14.8. The molecule has 0 aliphatic heterocycles. The normalized spacial score (nSPS) is 13.6. The minimum atomic E-state index is -4.67. The minimum absolute atomic E-state index is 0.311. The Balaban J connectivity index is 0.00000199. The number of rotatable bonds is 6. The van der Waals surface area contributed by atoms with Gasteiger partial charge in [-0.1, -0.05) is 64.1 Å². The molecule has 1 N–H and O–H groups in total. The van der Waals surface area contributed by atoms with E-state index in [4.69, 9.17) is 0 Å².